The van der Waals surface area contributed by atoms with Gasteiger partial charge in [0.2, 0.25) is 0 Å². The second-order valence-corrected chi connectivity index (χ2v) is 6.99. The van der Waals surface area contributed by atoms with Gasteiger partial charge in [0.25, 0.3) is 5.91 Å². The summed E-state index contributed by atoms with van der Waals surface area (Å²) in [7, 11) is 1.85. The average Bonchev–Trinajstić information content (AvgIpc) is 3.03. The van der Waals surface area contributed by atoms with E-state index in [-0.39, 0.29) is 5.91 Å². The van der Waals surface area contributed by atoms with Crippen molar-refractivity contribution >= 4 is 17.2 Å². The largest absolute Gasteiger partial charge is 0.340 e. The maximum atomic E-state index is 12.4. The number of hydrogen-bond donors (Lipinski definition) is 1. The summed E-state index contributed by atoms with van der Waals surface area (Å²) >= 11 is 1.80. The van der Waals surface area contributed by atoms with Gasteiger partial charge in [0, 0.05) is 24.4 Å². The maximum Gasteiger partial charge on any atom is 0.271 e. The Morgan fingerprint density at radius 1 is 1.52 bits per heavy atom. The van der Waals surface area contributed by atoms with Crippen molar-refractivity contribution in [3.05, 3.63) is 33.3 Å². The van der Waals surface area contributed by atoms with E-state index in [1.54, 1.807) is 22.4 Å². The van der Waals surface area contributed by atoms with Crippen LogP contribution in [0.2, 0.25) is 0 Å². The van der Waals surface area contributed by atoms with E-state index in [2.05, 4.69) is 21.9 Å². The van der Waals surface area contributed by atoms with Crippen molar-refractivity contribution in [2.24, 2.45) is 0 Å². The highest BCUT2D eigenvalue weighted by Gasteiger charge is 2.27. The molecule has 0 unspecified atom stereocenters. The number of likely N-dealkylation sites (N-methyl/N-ethyl adjacent to an activating group) is 1. The summed E-state index contributed by atoms with van der Waals surface area (Å²) in [5, 5.41) is 1.13. The van der Waals surface area contributed by atoms with Crippen LogP contribution >= 0.6 is 11.3 Å². The zero-order valence-corrected chi connectivity index (χ0v) is 13.5. The van der Waals surface area contributed by atoms with Gasteiger partial charge in [-0.2, -0.15) is 0 Å². The number of H-pyrrole nitrogens is 1. The Hall–Kier alpha value is -1.69. The third-order valence-electron chi connectivity index (χ3n) is 3.95. The van der Waals surface area contributed by atoms with E-state index in [1.165, 1.54) is 17.0 Å². The molecule has 0 aliphatic heterocycles. The Morgan fingerprint density at radius 3 is 3.05 bits per heavy atom. The molecule has 1 atom stereocenters. The predicted molar refractivity (Wildman–Crippen MR) is 82.8 cm³/mol. The summed E-state index contributed by atoms with van der Waals surface area (Å²) in [6.07, 6.45) is 5.03. The number of imidazole rings is 1. The van der Waals surface area contributed by atoms with E-state index in [0.29, 0.717) is 18.2 Å². The van der Waals surface area contributed by atoms with Gasteiger partial charge in [-0.05, 0) is 33.1 Å². The highest BCUT2D eigenvalue weighted by atomic mass is 32.1. The third kappa shape index (κ3) is 2.85. The first kappa shape index (κ1) is 14.3. The molecule has 2 aromatic rings. The number of thiazole rings is 1. The molecule has 0 radical (unpaired) electrons. The van der Waals surface area contributed by atoms with Gasteiger partial charge in [-0.25, -0.2) is 9.97 Å². The van der Waals surface area contributed by atoms with Crippen LogP contribution < -0.4 is 0 Å². The first-order valence-corrected chi connectivity index (χ1v) is 8.09. The van der Waals surface area contributed by atoms with E-state index in [1.807, 2.05) is 14.0 Å². The molecule has 112 valence electrons. The lowest BCUT2D eigenvalue weighted by Crippen LogP contribution is -2.32. The number of carbonyl (C=O) groups excluding carboxylic acids is 1. The average molecular weight is 304 g/mol. The summed E-state index contributed by atoms with van der Waals surface area (Å²) in [4.78, 5) is 27.3. The Bertz CT molecular complexity index is 660. The molecule has 3 rings (SSSR count). The monoisotopic (exact) mass is 304 g/mol. The molecular weight excluding hydrogens is 284 g/mol. The lowest BCUT2D eigenvalue weighted by Gasteiger charge is -2.26. The van der Waals surface area contributed by atoms with Gasteiger partial charge in [-0.1, -0.05) is 0 Å². The number of fused-ring (bicyclic) bond motifs is 1. The Labute approximate surface area is 128 Å². The molecule has 6 heteroatoms. The summed E-state index contributed by atoms with van der Waals surface area (Å²) in [5.74, 6) is 1.12. The summed E-state index contributed by atoms with van der Waals surface area (Å²) in [5.41, 5.74) is 1.77. The molecule has 2 heterocycles. The van der Waals surface area contributed by atoms with Crippen LogP contribution in [-0.2, 0) is 6.42 Å². The van der Waals surface area contributed by atoms with Gasteiger partial charge in [-0.3, -0.25) is 4.79 Å². The van der Waals surface area contributed by atoms with Gasteiger partial charge in [0.05, 0.1) is 16.9 Å². The van der Waals surface area contributed by atoms with Crippen LogP contribution in [0.5, 0.6) is 0 Å². The van der Waals surface area contributed by atoms with Gasteiger partial charge in [0.1, 0.15) is 11.5 Å². The lowest BCUT2D eigenvalue weighted by molar-refractivity contribution is 0.0777. The molecule has 1 aliphatic rings. The van der Waals surface area contributed by atoms with E-state index < -0.39 is 0 Å². The number of nitrogens with zero attached hydrogens (tertiary/aromatic N) is 3. The number of aryl methyl sites for hydroxylation is 3. The zero-order valence-electron chi connectivity index (χ0n) is 12.6. The summed E-state index contributed by atoms with van der Waals surface area (Å²) in [6, 6.07) is 0. The summed E-state index contributed by atoms with van der Waals surface area (Å²) in [6.45, 7) is 4.62. The van der Waals surface area contributed by atoms with Crippen molar-refractivity contribution < 1.29 is 4.79 Å². The van der Waals surface area contributed by atoms with Gasteiger partial charge >= 0.3 is 0 Å². The summed E-state index contributed by atoms with van der Waals surface area (Å²) < 4.78 is 0. The molecule has 0 saturated carbocycles. The maximum absolute atomic E-state index is 12.4. The van der Waals surface area contributed by atoms with Crippen LogP contribution in [0.15, 0.2) is 6.20 Å². The van der Waals surface area contributed by atoms with Crippen molar-refractivity contribution in [1.29, 1.82) is 0 Å². The standard InChI is InChI=1S/C15H20N4OS/c1-9-16-7-12(17-9)15(20)19(3)8-11-5-4-6-13-14(11)18-10(2)21-13/h7,11H,4-6,8H2,1-3H3,(H,16,17)/t11-/m1/s1. The first-order valence-electron chi connectivity index (χ1n) is 7.28. The quantitative estimate of drug-likeness (QED) is 0.948. The minimum Gasteiger partial charge on any atom is -0.340 e. The molecule has 21 heavy (non-hydrogen) atoms. The topological polar surface area (TPSA) is 61.9 Å². The fourth-order valence-electron chi connectivity index (χ4n) is 2.96. The van der Waals surface area contributed by atoms with Crippen molar-refractivity contribution in [2.45, 2.75) is 39.0 Å². The van der Waals surface area contributed by atoms with Crippen LogP contribution in [0.1, 0.15) is 50.7 Å². The van der Waals surface area contributed by atoms with E-state index >= 15 is 0 Å². The Morgan fingerprint density at radius 2 is 2.33 bits per heavy atom. The van der Waals surface area contributed by atoms with Crippen LogP contribution in [0, 0.1) is 13.8 Å². The van der Waals surface area contributed by atoms with Crippen LogP contribution in [0.3, 0.4) is 0 Å². The highest BCUT2D eigenvalue weighted by molar-refractivity contribution is 7.11. The number of nitrogens with one attached hydrogen (secondary N) is 1. The van der Waals surface area contributed by atoms with E-state index in [4.69, 9.17) is 0 Å². The molecule has 2 aromatic heterocycles. The fraction of sp³-hybridized carbons (Fsp3) is 0.533. The number of hydrogen-bond acceptors (Lipinski definition) is 4. The van der Waals surface area contributed by atoms with E-state index in [9.17, 15) is 4.79 Å². The number of aromatic amines is 1. The number of aromatic nitrogens is 3. The molecule has 0 spiro atoms. The molecule has 1 N–H and O–H groups in total. The molecule has 0 saturated heterocycles. The molecule has 5 nitrogen and oxygen atoms in total. The predicted octanol–water partition coefficient (Wildman–Crippen LogP) is 2.68. The number of amides is 1. The minimum absolute atomic E-state index is 0.00493. The van der Waals surface area contributed by atoms with Crippen molar-refractivity contribution in [3.63, 3.8) is 0 Å². The molecule has 1 amide bonds. The fourth-order valence-corrected chi connectivity index (χ4v) is 4.02. The van der Waals surface area contributed by atoms with Crippen molar-refractivity contribution in [1.82, 2.24) is 19.9 Å². The van der Waals surface area contributed by atoms with Crippen molar-refractivity contribution in [3.8, 4) is 0 Å². The van der Waals surface area contributed by atoms with E-state index in [0.717, 1.165) is 23.7 Å². The SMILES string of the molecule is Cc1ncc(C(=O)N(C)C[C@H]2CCCc3sc(C)nc32)[nH]1. The van der Waals surface area contributed by atoms with Crippen molar-refractivity contribution in [2.75, 3.05) is 13.6 Å². The minimum atomic E-state index is -0.00493. The molecular formula is C15H20N4OS. The smallest absolute Gasteiger partial charge is 0.271 e. The lowest BCUT2D eigenvalue weighted by atomic mass is 9.90. The van der Waals surface area contributed by atoms with Crippen LogP contribution in [0.25, 0.3) is 0 Å². The molecule has 1 aliphatic carbocycles. The zero-order chi connectivity index (χ0) is 15.0. The third-order valence-corrected chi connectivity index (χ3v) is 5.00. The second kappa shape index (κ2) is 5.60. The Kier molecular flexibility index (Phi) is 3.80. The van der Waals surface area contributed by atoms with Crippen LogP contribution in [-0.4, -0.2) is 39.4 Å². The number of carbonyl (C=O) groups is 1. The van der Waals surface area contributed by atoms with Gasteiger partial charge < -0.3 is 9.88 Å². The normalized spacial score (nSPS) is 17.6. The molecule has 0 aromatic carbocycles. The first-order chi connectivity index (χ1) is 10.0. The molecule has 0 fully saturated rings. The second-order valence-electron chi connectivity index (χ2n) is 5.70. The highest BCUT2D eigenvalue weighted by Crippen LogP contribution is 2.35. The van der Waals surface area contributed by atoms with Gasteiger partial charge in [0.15, 0.2) is 0 Å². The number of rotatable bonds is 3. The van der Waals surface area contributed by atoms with Gasteiger partial charge in [-0.15, -0.1) is 11.3 Å². The Balaban J connectivity index is 1.73. The van der Waals surface area contributed by atoms with Crippen LogP contribution in [0.4, 0.5) is 0 Å². The molecule has 0 bridgehead atoms.